The molecule has 0 radical (unpaired) electrons. The number of benzene rings is 2. The summed E-state index contributed by atoms with van der Waals surface area (Å²) in [6.07, 6.45) is 0. The summed E-state index contributed by atoms with van der Waals surface area (Å²) in [7, 11) is 0. The Hall–Kier alpha value is -0.930. The lowest BCUT2D eigenvalue weighted by molar-refractivity contribution is 0.103. The lowest BCUT2D eigenvalue weighted by Crippen LogP contribution is -2.00. The normalized spacial score (nSPS) is 10.1. The van der Waals surface area contributed by atoms with E-state index < -0.39 is 0 Å². The molecular weight excluding hydrogens is 332 g/mol. The van der Waals surface area contributed by atoms with Crippen LogP contribution in [0.25, 0.3) is 0 Å². The molecule has 3 heteroatoms. The minimum absolute atomic E-state index is 0.0302. The summed E-state index contributed by atoms with van der Waals surface area (Å²) in [6.45, 7) is 0. The highest BCUT2D eigenvalue weighted by atomic mass is 79.9. The quantitative estimate of drug-likeness (QED) is 0.739. The molecule has 0 fully saturated rings. The molecule has 0 unspecified atom stereocenters. The van der Waals surface area contributed by atoms with Crippen LogP contribution in [0.1, 0.15) is 15.9 Å². The second-order valence-corrected chi connectivity index (χ2v) is 5.18. The minimum atomic E-state index is 0.0302. The summed E-state index contributed by atoms with van der Waals surface area (Å²) >= 11 is 6.74. The van der Waals surface area contributed by atoms with Gasteiger partial charge in [-0.05, 0) is 18.2 Å². The van der Waals surface area contributed by atoms with Gasteiger partial charge in [0.25, 0.3) is 0 Å². The molecule has 1 nitrogen and oxygen atoms in total. The second-order valence-electron chi connectivity index (χ2n) is 3.35. The Bertz CT molecular complexity index is 500. The molecule has 2 rings (SSSR count). The maximum atomic E-state index is 12.1. The molecule has 2 aromatic carbocycles. The molecule has 2 aromatic rings. The van der Waals surface area contributed by atoms with Crippen LogP contribution < -0.4 is 0 Å². The predicted octanol–water partition coefficient (Wildman–Crippen LogP) is 4.44. The third-order valence-electron chi connectivity index (χ3n) is 2.16. The Kier molecular flexibility index (Phi) is 3.56. The van der Waals surface area contributed by atoms with E-state index >= 15 is 0 Å². The number of hydrogen-bond donors (Lipinski definition) is 0. The molecular formula is C13H8Br2O. The molecule has 0 spiro atoms. The van der Waals surface area contributed by atoms with Crippen LogP contribution in [-0.2, 0) is 0 Å². The fourth-order valence-electron chi connectivity index (χ4n) is 1.44. The van der Waals surface area contributed by atoms with E-state index in [1.807, 2.05) is 48.5 Å². The summed E-state index contributed by atoms with van der Waals surface area (Å²) in [4.78, 5) is 12.1. The first-order valence-corrected chi connectivity index (χ1v) is 6.31. The van der Waals surface area contributed by atoms with Gasteiger partial charge in [-0.2, -0.15) is 0 Å². The molecule has 0 N–H and O–H groups in total. The fraction of sp³-hybridized carbons (Fsp3) is 0. The van der Waals surface area contributed by atoms with E-state index in [2.05, 4.69) is 31.9 Å². The van der Waals surface area contributed by atoms with Gasteiger partial charge in [0.15, 0.2) is 5.78 Å². The summed E-state index contributed by atoms with van der Waals surface area (Å²) in [6, 6.07) is 14.8. The fourth-order valence-corrected chi connectivity index (χ4v) is 2.73. The molecule has 0 heterocycles. The van der Waals surface area contributed by atoms with Crippen molar-refractivity contribution in [1.29, 1.82) is 0 Å². The van der Waals surface area contributed by atoms with Crippen LogP contribution in [0.3, 0.4) is 0 Å². The zero-order valence-electron chi connectivity index (χ0n) is 8.28. The van der Waals surface area contributed by atoms with Crippen molar-refractivity contribution in [3.63, 3.8) is 0 Å². The molecule has 0 aliphatic rings. The van der Waals surface area contributed by atoms with Gasteiger partial charge in [-0.25, -0.2) is 0 Å². The molecule has 0 aliphatic heterocycles. The van der Waals surface area contributed by atoms with Crippen molar-refractivity contribution < 1.29 is 4.79 Å². The number of ketones is 1. The highest BCUT2D eigenvalue weighted by Gasteiger charge is 2.09. The lowest BCUT2D eigenvalue weighted by Gasteiger charge is -2.02. The second kappa shape index (κ2) is 4.93. The first-order chi connectivity index (χ1) is 7.66. The van der Waals surface area contributed by atoms with Crippen LogP contribution in [-0.4, -0.2) is 5.78 Å². The highest BCUT2D eigenvalue weighted by Crippen LogP contribution is 2.21. The molecule has 80 valence electrons. The minimum Gasteiger partial charge on any atom is -0.289 e. The van der Waals surface area contributed by atoms with E-state index in [0.717, 1.165) is 8.95 Å². The third kappa shape index (κ3) is 2.60. The highest BCUT2D eigenvalue weighted by molar-refractivity contribution is 9.11. The number of carbonyl (C=O) groups is 1. The van der Waals surface area contributed by atoms with Crippen molar-refractivity contribution in [2.75, 3.05) is 0 Å². The van der Waals surface area contributed by atoms with Crippen LogP contribution in [0, 0.1) is 0 Å². The van der Waals surface area contributed by atoms with Gasteiger partial charge in [0.05, 0.1) is 0 Å². The maximum Gasteiger partial charge on any atom is 0.193 e. The van der Waals surface area contributed by atoms with Crippen molar-refractivity contribution in [2.45, 2.75) is 0 Å². The number of carbonyl (C=O) groups excluding carboxylic acids is 1. The summed E-state index contributed by atoms with van der Waals surface area (Å²) in [5.41, 5.74) is 1.37. The van der Waals surface area contributed by atoms with Gasteiger partial charge < -0.3 is 0 Å². The number of halogens is 2. The van der Waals surface area contributed by atoms with E-state index in [-0.39, 0.29) is 5.78 Å². The number of rotatable bonds is 2. The van der Waals surface area contributed by atoms with Crippen LogP contribution in [0.4, 0.5) is 0 Å². The molecule has 0 bridgehead atoms. The smallest absolute Gasteiger partial charge is 0.193 e. The van der Waals surface area contributed by atoms with Crippen LogP contribution >= 0.6 is 31.9 Å². The van der Waals surface area contributed by atoms with E-state index in [0.29, 0.717) is 11.1 Å². The summed E-state index contributed by atoms with van der Waals surface area (Å²) < 4.78 is 1.78. The maximum absolute atomic E-state index is 12.1. The molecule has 0 atom stereocenters. The van der Waals surface area contributed by atoms with Gasteiger partial charge in [0.1, 0.15) is 0 Å². The summed E-state index contributed by atoms with van der Waals surface area (Å²) in [5, 5.41) is 0. The van der Waals surface area contributed by atoms with Gasteiger partial charge in [0, 0.05) is 20.1 Å². The van der Waals surface area contributed by atoms with E-state index in [1.54, 1.807) is 0 Å². The van der Waals surface area contributed by atoms with E-state index in [1.165, 1.54) is 0 Å². The van der Waals surface area contributed by atoms with Crippen molar-refractivity contribution >= 4 is 37.6 Å². The molecule has 0 saturated carbocycles. The molecule has 0 amide bonds. The zero-order valence-corrected chi connectivity index (χ0v) is 11.5. The average Bonchev–Trinajstić information content (AvgIpc) is 2.28. The third-order valence-corrected chi connectivity index (χ3v) is 3.08. The van der Waals surface area contributed by atoms with Gasteiger partial charge >= 0.3 is 0 Å². The Balaban J connectivity index is 2.42. The molecule has 16 heavy (non-hydrogen) atoms. The van der Waals surface area contributed by atoms with E-state index in [9.17, 15) is 4.79 Å². The molecule has 0 aliphatic carbocycles. The lowest BCUT2D eigenvalue weighted by atomic mass is 10.0. The van der Waals surface area contributed by atoms with Crippen LogP contribution in [0.2, 0.25) is 0 Å². The van der Waals surface area contributed by atoms with Crippen molar-refractivity contribution in [3.05, 3.63) is 68.6 Å². The monoisotopic (exact) mass is 338 g/mol. The summed E-state index contributed by atoms with van der Waals surface area (Å²) in [5.74, 6) is 0.0302. The van der Waals surface area contributed by atoms with Crippen molar-refractivity contribution in [2.24, 2.45) is 0 Å². The van der Waals surface area contributed by atoms with Crippen LogP contribution in [0.5, 0.6) is 0 Å². The Morgan fingerprint density at radius 2 is 1.38 bits per heavy atom. The van der Waals surface area contributed by atoms with Crippen molar-refractivity contribution in [1.82, 2.24) is 0 Å². The topological polar surface area (TPSA) is 17.1 Å². The van der Waals surface area contributed by atoms with Gasteiger partial charge in [-0.15, -0.1) is 0 Å². The molecule has 0 aromatic heterocycles. The number of hydrogen-bond acceptors (Lipinski definition) is 1. The Morgan fingerprint density at radius 1 is 0.812 bits per heavy atom. The Morgan fingerprint density at radius 3 is 1.94 bits per heavy atom. The standard InChI is InChI=1S/C13H8Br2O/c14-11-6-10(7-12(15)8-11)13(16)9-4-2-1-3-5-9/h1-8H. The van der Waals surface area contributed by atoms with Gasteiger partial charge in [-0.3, -0.25) is 4.79 Å². The average molecular weight is 340 g/mol. The largest absolute Gasteiger partial charge is 0.289 e. The Labute approximate surface area is 111 Å². The predicted molar refractivity (Wildman–Crippen MR) is 71.7 cm³/mol. The zero-order chi connectivity index (χ0) is 11.5. The van der Waals surface area contributed by atoms with Crippen LogP contribution in [0.15, 0.2) is 57.5 Å². The molecule has 0 saturated heterocycles. The van der Waals surface area contributed by atoms with Crippen molar-refractivity contribution in [3.8, 4) is 0 Å². The first-order valence-electron chi connectivity index (χ1n) is 4.72. The van der Waals surface area contributed by atoms with E-state index in [4.69, 9.17) is 0 Å². The first kappa shape index (κ1) is 11.6. The van der Waals surface area contributed by atoms with Gasteiger partial charge in [-0.1, -0.05) is 62.2 Å². The SMILES string of the molecule is O=C(c1ccccc1)c1cc(Br)cc(Br)c1. The van der Waals surface area contributed by atoms with Gasteiger partial charge in [0.2, 0.25) is 0 Å².